The lowest BCUT2D eigenvalue weighted by atomic mass is 10.1. The van der Waals surface area contributed by atoms with E-state index >= 15 is 0 Å². The Morgan fingerprint density at radius 3 is 1.44 bits per heavy atom. The molecule has 5 aromatic carbocycles. The van der Waals surface area contributed by atoms with Gasteiger partial charge in [-0.1, -0.05) is 103 Å². The molecule has 0 aliphatic carbocycles. The number of hydrazine groups is 1. The number of anilines is 1. The van der Waals surface area contributed by atoms with Crippen molar-refractivity contribution in [3.8, 4) is 0 Å². The number of para-hydroxylation sites is 1. The van der Waals surface area contributed by atoms with Crippen LogP contribution in [0.1, 0.15) is 18.1 Å². The van der Waals surface area contributed by atoms with E-state index < -0.39 is 13.3 Å². The Labute approximate surface area is 253 Å². The van der Waals surface area contributed by atoms with Gasteiger partial charge in [0.15, 0.2) is 6.04 Å². The molecule has 0 amide bonds. The first kappa shape index (κ1) is 30.2. The average Bonchev–Trinajstić information content (AvgIpc) is 3.03. The number of carbonyl (C=O) groups is 1. The fourth-order valence-electron chi connectivity index (χ4n) is 5.39. The molecule has 0 fully saturated rings. The molecule has 5 rings (SSSR count). The van der Waals surface area contributed by atoms with Gasteiger partial charge in [0, 0.05) is 5.69 Å². The van der Waals surface area contributed by atoms with Gasteiger partial charge in [-0.2, -0.15) is 0 Å². The molecular weight excluding hydrogens is 591 g/mol. The summed E-state index contributed by atoms with van der Waals surface area (Å²) in [5.41, 5.74) is 8.40. The summed E-state index contributed by atoms with van der Waals surface area (Å²) < 4.78 is 5.77. The van der Waals surface area contributed by atoms with E-state index in [4.69, 9.17) is 4.74 Å². The third-order valence-electron chi connectivity index (χ3n) is 7.05. The van der Waals surface area contributed by atoms with E-state index in [1.807, 2.05) is 73.7 Å². The number of ether oxygens (including phenoxy) is 1. The summed E-state index contributed by atoms with van der Waals surface area (Å²) in [6.07, 6.45) is 0. The predicted octanol–water partition coefficient (Wildman–Crippen LogP) is 3.27. The van der Waals surface area contributed by atoms with E-state index in [0.717, 1.165) is 11.3 Å². The van der Waals surface area contributed by atoms with Gasteiger partial charge >= 0.3 is 5.97 Å². The lowest BCUT2D eigenvalue weighted by Gasteiger charge is -2.38. The van der Waals surface area contributed by atoms with Crippen molar-refractivity contribution in [2.75, 3.05) is 12.0 Å². The zero-order valence-electron chi connectivity index (χ0n) is 22.9. The second kappa shape index (κ2) is 14.7. The fraction of sp³-hybridized carbons (Fsp3) is 0.114. The molecule has 0 aliphatic heterocycles. The number of esters is 1. The van der Waals surface area contributed by atoms with Crippen LogP contribution in [0.25, 0.3) is 0 Å². The third-order valence-corrected chi connectivity index (χ3v) is 11.8. The van der Waals surface area contributed by atoms with Crippen LogP contribution in [0.3, 0.4) is 0 Å². The molecule has 0 spiro atoms. The van der Waals surface area contributed by atoms with Crippen LogP contribution in [-0.2, 0) is 9.53 Å². The summed E-state index contributed by atoms with van der Waals surface area (Å²) in [6, 6.07) is 51.4. The maximum Gasteiger partial charge on any atom is 0.329 e. The van der Waals surface area contributed by atoms with E-state index in [2.05, 4.69) is 95.8 Å². The van der Waals surface area contributed by atoms with Crippen molar-refractivity contribution < 1.29 is 26.5 Å². The van der Waals surface area contributed by atoms with Crippen LogP contribution < -0.4 is 43.7 Å². The summed E-state index contributed by atoms with van der Waals surface area (Å²) in [5.74, 6) is -0.299. The summed E-state index contributed by atoms with van der Waals surface area (Å²) in [4.78, 5) is 14.0. The molecule has 2 unspecified atom stereocenters. The molecular formula is C35H34BrN2O2P. The van der Waals surface area contributed by atoms with Gasteiger partial charge in [0.2, 0.25) is 0 Å². The molecule has 0 aliphatic rings. The first-order valence-corrected chi connectivity index (χ1v) is 15.4. The van der Waals surface area contributed by atoms with Gasteiger partial charge in [-0.25, -0.2) is 5.43 Å². The normalized spacial score (nSPS) is 12.4. The fourth-order valence-corrected chi connectivity index (χ4v) is 10.4. The van der Waals surface area contributed by atoms with Crippen molar-refractivity contribution in [3.63, 3.8) is 0 Å². The van der Waals surface area contributed by atoms with Crippen molar-refractivity contribution >= 4 is 34.8 Å². The number of nitrogens with one attached hydrogen (secondary N) is 2. The molecule has 0 saturated heterocycles. The Balaban J connectivity index is 0.00000387. The van der Waals surface area contributed by atoms with Gasteiger partial charge in [-0.05, 0) is 61.0 Å². The molecule has 208 valence electrons. The van der Waals surface area contributed by atoms with Crippen molar-refractivity contribution in [2.45, 2.75) is 18.6 Å². The van der Waals surface area contributed by atoms with Gasteiger partial charge < -0.3 is 27.1 Å². The molecule has 0 saturated carbocycles. The quantitative estimate of drug-likeness (QED) is 0.135. The summed E-state index contributed by atoms with van der Waals surface area (Å²) in [6.45, 7) is 2.14. The van der Waals surface area contributed by atoms with Gasteiger partial charge in [0.25, 0.3) is 0 Å². The standard InChI is InChI=1S/C35H34N2O2P.BrH/c1-2-39-35(38)33(37-36-29-20-10-4-11-21-29)34(28-18-8-3-9-19-28)40(30-22-12-5-13-23-30,31-24-14-6-15-25-31)32-26-16-7-17-27-32;/h3-27,33-34,36-37H,2H2,1H3;1H/q+1;/p-1. The molecule has 2 N–H and O–H groups in total. The highest BCUT2D eigenvalue weighted by atomic mass is 79.9. The number of carbonyl (C=O) groups excluding carboxylic acids is 1. The number of rotatable bonds is 11. The van der Waals surface area contributed by atoms with Gasteiger partial charge in [-0.15, -0.1) is 0 Å². The first-order valence-electron chi connectivity index (χ1n) is 13.6. The predicted molar refractivity (Wildman–Crippen MR) is 168 cm³/mol. The Kier molecular flexibility index (Phi) is 10.9. The SMILES string of the molecule is CCOC(=O)C(NNc1ccccc1)C(c1ccccc1)[P+](c1ccccc1)(c1ccccc1)c1ccccc1.[Br-]. The molecule has 4 nitrogen and oxygen atoms in total. The van der Waals surface area contributed by atoms with Crippen LogP contribution in [0.15, 0.2) is 152 Å². The maximum absolute atomic E-state index is 14.0. The average molecular weight is 626 g/mol. The van der Waals surface area contributed by atoms with Crippen LogP contribution in [0.2, 0.25) is 0 Å². The van der Waals surface area contributed by atoms with Crippen LogP contribution in [0.5, 0.6) is 0 Å². The molecule has 2 atom stereocenters. The minimum absolute atomic E-state index is 0. The highest BCUT2D eigenvalue weighted by Gasteiger charge is 2.58. The van der Waals surface area contributed by atoms with E-state index in [0.29, 0.717) is 0 Å². The van der Waals surface area contributed by atoms with Crippen molar-refractivity contribution in [1.29, 1.82) is 0 Å². The smallest absolute Gasteiger partial charge is 0.329 e. The lowest BCUT2D eigenvalue weighted by molar-refractivity contribution is -0.145. The number of halogens is 1. The Morgan fingerprint density at radius 1 is 0.634 bits per heavy atom. The van der Waals surface area contributed by atoms with Crippen LogP contribution in [0, 0.1) is 0 Å². The minimum Gasteiger partial charge on any atom is -1.00 e. The topological polar surface area (TPSA) is 50.4 Å². The summed E-state index contributed by atoms with van der Waals surface area (Å²) in [5, 5.41) is 3.58. The minimum atomic E-state index is -2.54. The van der Waals surface area contributed by atoms with E-state index in [1.54, 1.807) is 0 Å². The molecule has 0 radical (unpaired) electrons. The first-order chi connectivity index (χ1) is 19.7. The largest absolute Gasteiger partial charge is 1.00 e. The van der Waals surface area contributed by atoms with Gasteiger partial charge in [0.1, 0.15) is 28.8 Å². The number of hydrogen-bond acceptors (Lipinski definition) is 4. The van der Waals surface area contributed by atoms with E-state index in [9.17, 15) is 4.79 Å². The van der Waals surface area contributed by atoms with Gasteiger partial charge in [0.05, 0.1) is 6.61 Å². The van der Waals surface area contributed by atoms with Crippen molar-refractivity contribution in [1.82, 2.24) is 5.43 Å². The zero-order valence-corrected chi connectivity index (χ0v) is 25.4. The molecule has 0 bridgehead atoms. The molecule has 0 aromatic heterocycles. The molecule has 0 heterocycles. The Hall–Kier alpha value is -3.76. The lowest BCUT2D eigenvalue weighted by Crippen LogP contribution is -3.00. The number of benzene rings is 5. The van der Waals surface area contributed by atoms with Crippen LogP contribution in [0.4, 0.5) is 5.69 Å². The van der Waals surface area contributed by atoms with E-state index in [-0.39, 0.29) is 35.2 Å². The van der Waals surface area contributed by atoms with Crippen molar-refractivity contribution in [3.05, 3.63) is 157 Å². The molecule has 5 aromatic rings. The van der Waals surface area contributed by atoms with Crippen molar-refractivity contribution in [2.24, 2.45) is 0 Å². The van der Waals surface area contributed by atoms with Gasteiger partial charge in [-0.3, -0.25) is 4.79 Å². The maximum atomic E-state index is 14.0. The summed E-state index contributed by atoms with van der Waals surface area (Å²) >= 11 is 0. The second-order valence-corrected chi connectivity index (χ2v) is 13.0. The van der Waals surface area contributed by atoms with Crippen LogP contribution >= 0.6 is 7.26 Å². The highest BCUT2D eigenvalue weighted by molar-refractivity contribution is 7.96. The molecule has 6 heteroatoms. The summed E-state index contributed by atoms with van der Waals surface area (Å²) in [7, 11) is -2.54. The van der Waals surface area contributed by atoms with E-state index in [1.165, 1.54) is 15.9 Å². The highest BCUT2D eigenvalue weighted by Crippen LogP contribution is 2.67. The van der Waals surface area contributed by atoms with Crippen LogP contribution in [-0.4, -0.2) is 18.6 Å². The zero-order chi connectivity index (χ0) is 27.6. The second-order valence-electron chi connectivity index (χ2n) is 9.45. The number of hydrogen-bond donors (Lipinski definition) is 2. The third kappa shape index (κ3) is 6.60. The Bertz CT molecular complexity index is 1380. The Morgan fingerprint density at radius 2 is 1.02 bits per heavy atom. The monoisotopic (exact) mass is 624 g/mol. The molecule has 41 heavy (non-hydrogen) atoms.